The number of aromatic nitrogens is 2. The van der Waals surface area contributed by atoms with Crippen LogP contribution in [0.2, 0.25) is 0 Å². The maximum Gasteiger partial charge on any atom is 0.301 e. The fourth-order valence-electron chi connectivity index (χ4n) is 6.22. The van der Waals surface area contributed by atoms with Gasteiger partial charge in [0.05, 0.1) is 29.0 Å². The van der Waals surface area contributed by atoms with Crippen LogP contribution in [-0.4, -0.2) is 61.7 Å². The normalized spacial score (nSPS) is 21.0. The van der Waals surface area contributed by atoms with Gasteiger partial charge in [-0.15, -0.1) is 0 Å². The van der Waals surface area contributed by atoms with Crippen molar-refractivity contribution in [2.75, 3.05) is 38.0 Å². The largest absolute Gasteiger partial charge is 0.453 e. The summed E-state index contributed by atoms with van der Waals surface area (Å²) in [6.07, 6.45) is 5.97. The molecule has 2 aromatic carbocycles. The van der Waals surface area contributed by atoms with Crippen molar-refractivity contribution in [3.8, 4) is 17.6 Å². The summed E-state index contributed by atoms with van der Waals surface area (Å²) in [6.45, 7) is 2.41. The Hall–Kier alpha value is -3.57. The van der Waals surface area contributed by atoms with Crippen molar-refractivity contribution in [2.45, 2.75) is 44.2 Å². The summed E-state index contributed by atoms with van der Waals surface area (Å²) in [5.74, 6) is -1.18. The van der Waals surface area contributed by atoms with Gasteiger partial charge >= 0.3 is 10.2 Å². The molecule has 13 heteroatoms. The van der Waals surface area contributed by atoms with Gasteiger partial charge in [0, 0.05) is 26.2 Å². The molecule has 0 bridgehead atoms. The first kappa shape index (κ1) is 27.6. The maximum absolute atomic E-state index is 15.0. The van der Waals surface area contributed by atoms with Crippen LogP contribution in [0.25, 0.3) is 10.9 Å². The van der Waals surface area contributed by atoms with E-state index in [1.807, 2.05) is 6.07 Å². The van der Waals surface area contributed by atoms with E-state index in [-0.39, 0.29) is 53.2 Å². The maximum atomic E-state index is 15.0. The first-order valence-corrected chi connectivity index (χ1v) is 15.1. The number of methoxy groups -OCH3 is 1. The van der Waals surface area contributed by atoms with Gasteiger partial charge in [-0.3, -0.25) is 14.1 Å². The van der Waals surface area contributed by atoms with Crippen molar-refractivity contribution in [1.29, 1.82) is 5.26 Å². The number of fused-ring (bicyclic) bond motifs is 1. The molecule has 3 aliphatic rings. The molecule has 1 spiro atoms. The Bertz CT molecular complexity index is 1690. The lowest BCUT2D eigenvalue weighted by molar-refractivity contribution is 0.0270. The fraction of sp³-hybridized carbons (Fsp3) is 0.464. The molecule has 6 rings (SSSR count). The second kappa shape index (κ2) is 10.7. The highest BCUT2D eigenvalue weighted by Crippen LogP contribution is 2.53. The molecule has 2 aliphatic heterocycles. The van der Waals surface area contributed by atoms with Gasteiger partial charge in [-0.2, -0.15) is 18.0 Å². The minimum Gasteiger partial charge on any atom is -0.453 e. The van der Waals surface area contributed by atoms with Gasteiger partial charge in [0.1, 0.15) is 17.4 Å². The molecule has 3 heterocycles. The monoisotopic (exact) mass is 582 g/mol. The van der Waals surface area contributed by atoms with Crippen molar-refractivity contribution in [3.05, 3.63) is 58.4 Å². The lowest BCUT2D eigenvalue weighted by Crippen LogP contribution is -2.47. The highest BCUT2D eigenvalue weighted by molar-refractivity contribution is 7.90. The van der Waals surface area contributed by atoms with E-state index in [0.29, 0.717) is 17.3 Å². The first-order valence-electron chi connectivity index (χ1n) is 13.6. The Morgan fingerprint density at radius 3 is 2.71 bits per heavy atom. The molecule has 2 saturated heterocycles. The van der Waals surface area contributed by atoms with E-state index in [1.54, 1.807) is 17.0 Å². The summed E-state index contributed by atoms with van der Waals surface area (Å²) < 4.78 is 57.2. The molecule has 3 aromatic rings. The second-order valence-electron chi connectivity index (χ2n) is 11.1. The summed E-state index contributed by atoms with van der Waals surface area (Å²) in [5, 5.41) is 13.6. The number of rotatable bonds is 7. The average Bonchev–Trinajstić information content (AvgIpc) is 3.45. The molecule has 11 nitrogen and oxygen atoms in total. The van der Waals surface area contributed by atoms with E-state index in [0.717, 1.165) is 44.8 Å². The van der Waals surface area contributed by atoms with Gasteiger partial charge in [-0.25, -0.2) is 9.37 Å². The van der Waals surface area contributed by atoms with E-state index in [2.05, 4.69) is 15.0 Å². The van der Waals surface area contributed by atoms with Crippen molar-refractivity contribution in [2.24, 2.45) is 5.41 Å². The number of nitrogens with one attached hydrogen (secondary N) is 2. The zero-order valence-electron chi connectivity index (χ0n) is 22.6. The summed E-state index contributed by atoms with van der Waals surface area (Å²) in [7, 11) is -2.51. The van der Waals surface area contributed by atoms with Gasteiger partial charge in [-0.05, 0) is 80.9 Å². The molecule has 0 unspecified atom stereocenters. The third-order valence-electron chi connectivity index (χ3n) is 8.61. The minimum atomic E-state index is -4.03. The average molecular weight is 583 g/mol. The molecular formula is C28H31FN6O5S. The van der Waals surface area contributed by atoms with Crippen molar-refractivity contribution >= 4 is 26.8 Å². The van der Waals surface area contributed by atoms with Crippen LogP contribution in [0.5, 0.6) is 11.5 Å². The van der Waals surface area contributed by atoms with E-state index in [9.17, 15) is 22.9 Å². The van der Waals surface area contributed by atoms with E-state index in [4.69, 9.17) is 9.47 Å². The van der Waals surface area contributed by atoms with Crippen LogP contribution < -0.4 is 20.3 Å². The van der Waals surface area contributed by atoms with Gasteiger partial charge in [0.2, 0.25) is 0 Å². The molecule has 3 fully saturated rings. The zero-order chi connectivity index (χ0) is 28.8. The standard InChI is InChI=1S/C28H31FN6O5S/c1-39-20-6-11-34(16-20)41(37,38)33-25-5-3-23(29)26(22(25)15-30)40-19-2-4-24-21(12-19)27(36)35(17-32-24)18-13-28(14-18)7-9-31-10-8-28/h2-5,12,17-18,20,31,33H,6-11,13-14,16H2,1H3/t20-/m0/s1. The van der Waals surface area contributed by atoms with Crippen LogP contribution >= 0.6 is 0 Å². The molecule has 0 amide bonds. The number of hydrogen-bond donors (Lipinski definition) is 2. The summed E-state index contributed by atoms with van der Waals surface area (Å²) in [5.41, 5.74) is 0.106. The summed E-state index contributed by atoms with van der Waals surface area (Å²) in [6, 6.07) is 8.74. The quantitative estimate of drug-likeness (QED) is 0.433. The topological polar surface area (TPSA) is 139 Å². The Morgan fingerprint density at radius 2 is 2.00 bits per heavy atom. The molecule has 1 aromatic heterocycles. The zero-order valence-corrected chi connectivity index (χ0v) is 23.4. The van der Waals surface area contributed by atoms with Gasteiger partial charge in [0.15, 0.2) is 11.6 Å². The van der Waals surface area contributed by atoms with E-state index >= 15 is 0 Å². The van der Waals surface area contributed by atoms with Gasteiger partial charge in [0.25, 0.3) is 5.56 Å². The highest BCUT2D eigenvalue weighted by atomic mass is 32.2. The number of ether oxygens (including phenoxy) is 2. The Kier molecular flexibility index (Phi) is 7.19. The van der Waals surface area contributed by atoms with Gasteiger partial charge in [-0.1, -0.05) is 0 Å². The molecule has 2 N–H and O–H groups in total. The molecule has 1 atom stereocenters. The van der Waals surface area contributed by atoms with Crippen molar-refractivity contribution in [3.63, 3.8) is 0 Å². The summed E-state index contributed by atoms with van der Waals surface area (Å²) in [4.78, 5) is 17.9. The third kappa shape index (κ3) is 5.17. The third-order valence-corrected chi connectivity index (χ3v) is 10.1. The molecule has 0 radical (unpaired) electrons. The Morgan fingerprint density at radius 1 is 1.22 bits per heavy atom. The Balaban J connectivity index is 1.27. The van der Waals surface area contributed by atoms with Gasteiger partial charge < -0.3 is 14.8 Å². The Labute approximate surface area is 237 Å². The predicted molar refractivity (Wildman–Crippen MR) is 150 cm³/mol. The van der Waals surface area contributed by atoms with E-state index < -0.39 is 21.8 Å². The lowest BCUT2D eigenvalue weighted by atomic mass is 9.60. The summed E-state index contributed by atoms with van der Waals surface area (Å²) >= 11 is 0. The van der Waals surface area contributed by atoms with Crippen LogP contribution in [0.15, 0.2) is 41.5 Å². The van der Waals surface area contributed by atoms with E-state index in [1.165, 1.54) is 29.6 Å². The number of nitriles is 1. The van der Waals surface area contributed by atoms with Crippen LogP contribution in [0.4, 0.5) is 10.1 Å². The molecular weight excluding hydrogens is 551 g/mol. The van der Waals surface area contributed by atoms with Crippen LogP contribution in [0, 0.1) is 22.6 Å². The molecule has 216 valence electrons. The number of benzene rings is 2. The predicted octanol–water partition coefficient (Wildman–Crippen LogP) is 3.28. The number of nitrogens with zero attached hydrogens (tertiary/aromatic N) is 4. The van der Waals surface area contributed by atoms with Crippen molar-refractivity contribution < 1.29 is 22.3 Å². The SMILES string of the molecule is CO[C@H]1CCN(S(=O)(=O)Nc2ccc(F)c(Oc3ccc4ncn(C5CC6(CCNCC6)C5)c(=O)c4c3)c2C#N)C1. The number of anilines is 1. The highest BCUT2D eigenvalue weighted by Gasteiger charge is 2.45. The minimum absolute atomic E-state index is 0.0733. The van der Waals surface area contributed by atoms with Crippen LogP contribution in [-0.2, 0) is 14.9 Å². The molecule has 41 heavy (non-hydrogen) atoms. The molecule has 1 saturated carbocycles. The second-order valence-corrected chi connectivity index (χ2v) is 12.7. The fourth-order valence-corrected chi connectivity index (χ4v) is 7.51. The van der Waals surface area contributed by atoms with Crippen molar-refractivity contribution in [1.82, 2.24) is 19.2 Å². The number of hydrogen-bond acceptors (Lipinski definition) is 8. The first-order chi connectivity index (χ1) is 19.7. The smallest absolute Gasteiger partial charge is 0.301 e. The molecule has 1 aliphatic carbocycles. The lowest BCUT2D eigenvalue weighted by Gasteiger charge is -2.50. The number of halogens is 1. The number of piperidine rings is 1. The van der Waals surface area contributed by atoms with Crippen LogP contribution in [0.3, 0.4) is 0 Å². The van der Waals surface area contributed by atoms with Crippen LogP contribution in [0.1, 0.15) is 43.7 Å².